The van der Waals surface area contributed by atoms with Crippen molar-refractivity contribution in [2.24, 2.45) is 0 Å². The molecule has 1 N–H and O–H groups in total. The highest BCUT2D eigenvalue weighted by Crippen LogP contribution is 2.30. The number of nitrogens with zero attached hydrogens (tertiary/aromatic N) is 2. The summed E-state index contributed by atoms with van der Waals surface area (Å²) in [7, 11) is 0. The number of halogens is 4. The summed E-state index contributed by atoms with van der Waals surface area (Å²) in [6.45, 7) is 2.46. The summed E-state index contributed by atoms with van der Waals surface area (Å²) in [6.07, 6.45) is -4.34. The third-order valence-electron chi connectivity index (χ3n) is 4.51. The molecule has 144 valence electrons. The summed E-state index contributed by atoms with van der Waals surface area (Å²) >= 11 is 6.08. The fourth-order valence-corrected chi connectivity index (χ4v) is 3.16. The third-order valence-corrected chi connectivity index (χ3v) is 4.88. The van der Waals surface area contributed by atoms with Gasteiger partial charge in [0.1, 0.15) is 0 Å². The van der Waals surface area contributed by atoms with Gasteiger partial charge in [0.05, 0.1) is 5.56 Å². The monoisotopic (exact) mass is 397 g/mol. The van der Waals surface area contributed by atoms with Gasteiger partial charge in [0.15, 0.2) is 0 Å². The van der Waals surface area contributed by atoms with Crippen LogP contribution in [0.3, 0.4) is 0 Å². The van der Waals surface area contributed by atoms with Crippen LogP contribution in [0, 0.1) is 0 Å². The molecule has 0 saturated carbocycles. The van der Waals surface area contributed by atoms with Gasteiger partial charge in [0.25, 0.3) is 0 Å². The molecule has 1 fully saturated rings. The molecule has 2 aromatic carbocycles. The molecule has 1 aliphatic heterocycles. The van der Waals surface area contributed by atoms with Gasteiger partial charge in [-0.25, -0.2) is 4.79 Å². The van der Waals surface area contributed by atoms with E-state index < -0.39 is 11.7 Å². The minimum Gasteiger partial charge on any atom is -0.368 e. The lowest BCUT2D eigenvalue weighted by molar-refractivity contribution is -0.137. The van der Waals surface area contributed by atoms with Crippen molar-refractivity contribution in [1.82, 2.24) is 10.2 Å². The average Bonchev–Trinajstić information content (AvgIpc) is 2.67. The number of hydrogen-bond donors (Lipinski definition) is 1. The van der Waals surface area contributed by atoms with E-state index >= 15 is 0 Å². The number of nitrogens with one attached hydrogen (secondary N) is 1. The Morgan fingerprint density at radius 2 is 1.63 bits per heavy atom. The van der Waals surface area contributed by atoms with Crippen LogP contribution in [0.1, 0.15) is 11.1 Å². The zero-order chi connectivity index (χ0) is 19.4. The SMILES string of the molecule is O=C(NCc1ccccc1Cl)N1CCN(c2ccc(C(F)(F)F)cc2)CC1. The summed E-state index contributed by atoms with van der Waals surface area (Å²) < 4.78 is 37.9. The van der Waals surface area contributed by atoms with E-state index in [1.165, 1.54) is 12.1 Å². The van der Waals surface area contributed by atoms with E-state index in [1.807, 2.05) is 23.1 Å². The molecule has 0 radical (unpaired) electrons. The van der Waals surface area contributed by atoms with Crippen LogP contribution in [0.4, 0.5) is 23.7 Å². The first-order chi connectivity index (χ1) is 12.8. The Morgan fingerprint density at radius 3 is 2.22 bits per heavy atom. The van der Waals surface area contributed by atoms with E-state index in [0.717, 1.165) is 23.4 Å². The summed E-state index contributed by atoms with van der Waals surface area (Å²) in [5.41, 5.74) is 0.902. The van der Waals surface area contributed by atoms with Crippen LogP contribution < -0.4 is 10.2 Å². The largest absolute Gasteiger partial charge is 0.416 e. The van der Waals surface area contributed by atoms with E-state index in [9.17, 15) is 18.0 Å². The molecule has 0 unspecified atom stereocenters. The van der Waals surface area contributed by atoms with Crippen molar-refractivity contribution >= 4 is 23.3 Å². The minimum atomic E-state index is -4.34. The lowest BCUT2D eigenvalue weighted by Crippen LogP contribution is -2.51. The van der Waals surface area contributed by atoms with Gasteiger partial charge in [-0.3, -0.25) is 0 Å². The first-order valence-electron chi connectivity index (χ1n) is 8.53. The molecule has 1 saturated heterocycles. The second-order valence-corrected chi connectivity index (χ2v) is 6.68. The van der Waals surface area contributed by atoms with Crippen molar-refractivity contribution in [1.29, 1.82) is 0 Å². The van der Waals surface area contributed by atoms with Gasteiger partial charge < -0.3 is 15.1 Å². The lowest BCUT2D eigenvalue weighted by atomic mass is 10.1. The fraction of sp³-hybridized carbons (Fsp3) is 0.316. The number of amides is 2. The van der Waals surface area contributed by atoms with Crippen molar-refractivity contribution in [3.8, 4) is 0 Å². The second kappa shape index (κ2) is 8.08. The molecule has 1 aliphatic rings. The number of carbonyl (C=O) groups excluding carboxylic acids is 1. The van der Waals surface area contributed by atoms with Gasteiger partial charge in [-0.2, -0.15) is 13.2 Å². The van der Waals surface area contributed by atoms with Gasteiger partial charge in [0, 0.05) is 43.4 Å². The topological polar surface area (TPSA) is 35.6 Å². The maximum Gasteiger partial charge on any atom is 0.416 e. The molecule has 2 aromatic rings. The molecule has 0 aromatic heterocycles. The van der Waals surface area contributed by atoms with Crippen molar-refractivity contribution in [2.75, 3.05) is 31.1 Å². The number of carbonyl (C=O) groups is 1. The van der Waals surface area contributed by atoms with E-state index in [-0.39, 0.29) is 6.03 Å². The molecule has 0 aliphatic carbocycles. The third kappa shape index (κ3) is 4.86. The number of piperazine rings is 1. The van der Waals surface area contributed by atoms with Crippen LogP contribution in [-0.2, 0) is 12.7 Å². The van der Waals surface area contributed by atoms with E-state index in [2.05, 4.69) is 5.32 Å². The van der Waals surface area contributed by atoms with Gasteiger partial charge in [-0.1, -0.05) is 29.8 Å². The zero-order valence-corrected chi connectivity index (χ0v) is 15.2. The van der Waals surface area contributed by atoms with Crippen LogP contribution in [0.15, 0.2) is 48.5 Å². The van der Waals surface area contributed by atoms with Crippen molar-refractivity contribution in [2.45, 2.75) is 12.7 Å². The molecule has 8 heteroatoms. The van der Waals surface area contributed by atoms with Crippen LogP contribution in [0.25, 0.3) is 0 Å². The average molecular weight is 398 g/mol. The molecular formula is C19H19ClF3N3O. The number of hydrogen-bond acceptors (Lipinski definition) is 2. The highest BCUT2D eigenvalue weighted by molar-refractivity contribution is 6.31. The smallest absolute Gasteiger partial charge is 0.368 e. The molecule has 4 nitrogen and oxygen atoms in total. The van der Waals surface area contributed by atoms with Crippen LogP contribution in [-0.4, -0.2) is 37.1 Å². The molecule has 1 heterocycles. The van der Waals surface area contributed by atoms with E-state index in [0.29, 0.717) is 37.7 Å². The van der Waals surface area contributed by atoms with Gasteiger partial charge in [0.2, 0.25) is 0 Å². The van der Waals surface area contributed by atoms with Gasteiger partial charge in [-0.15, -0.1) is 0 Å². The number of rotatable bonds is 3. The summed E-state index contributed by atoms with van der Waals surface area (Å²) in [4.78, 5) is 16.0. The first kappa shape index (κ1) is 19.4. The maximum absolute atomic E-state index is 12.6. The number of benzene rings is 2. The Bertz CT molecular complexity index is 788. The number of urea groups is 1. The van der Waals surface area contributed by atoms with Crippen molar-refractivity contribution in [3.63, 3.8) is 0 Å². The Kier molecular flexibility index (Phi) is 5.79. The van der Waals surface area contributed by atoms with E-state index in [1.54, 1.807) is 11.0 Å². The molecule has 0 atom stereocenters. The van der Waals surface area contributed by atoms with Crippen LogP contribution in [0.2, 0.25) is 5.02 Å². The Balaban J connectivity index is 1.51. The van der Waals surface area contributed by atoms with E-state index in [4.69, 9.17) is 11.6 Å². The highest BCUT2D eigenvalue weighted by Gasteiger charge is 2.30. The predicted octanol–water partition coefficient (Wildman–Crippen LogP) is 4.39. The maximum atomic E-state index is 12.6. The molecular weight excluding hydrogens is 379 g/mol. The lowest BCUT2D eigenvalue weighted by Gasteiger charge is -2.36. The normalized spacial score (nSPS) is 15.0. The van der Waals surface area contributed by atoms with Crippen LogP contribution in [0.5, 0.6) is 0 Å². The second-order valence-electron chi connectivity index (χ2n) is 6.27. The van der Waals surface area contributed by atoms with Crippen LogP contribution >= 0.6 is 11.6 Å². The fourth-order valence-electron chi connectivity index (χ4n) is 2.95. The van der Waals surface area contributed by atoms with Gasteiger partial charge in [-0.05, 0) is 35.9 Å². The molecule has 0 bridgehead atoms. The Morgan fingerprint density at radius 1 is 1.00 bits per heavy atom. The molecule has 27 heavy (non-hydrogen) atoms. The molecule has 0 spiro atoms. The summed E-state index contributed by atoms with van der Waals surface area (Å²) in [5, 5.41) is 3.45. The summed E-state index contributed by atoms with van der Waals surface area (Å²) in [5.74, 6) is 0. The van der Waals surface area contributed by atoms with Gasteiger partial charge >= 0.3 is 12.2 Å². The zero-order valence-electron chi connectivity index (χ0n) is 14.5. The summed E-state index contributed by atoms with van der Waals surface area (Å²) in [6, 6.07) is 12.2. The minimum absolute atomic E-state index is 0.179. The molecule has 2 amide bonds. The van der Waals surface area contributed by atoms with Crippen molar-refractivity contribution < 1.29 is 18.0 Å². The Hall–Kier alpha value is -2.41. The predicted molar refractivity (Wildman–Crippen MR) is 98.9 cm³/mol. The number of alkyl halides is 3. The quantitative estimate of drug-likeness (QED) is 0.833. The first-order valence-corrected chi connectivity index (χ1v) is 8.91. The standard InChI is InChI=1S/C19H19ClF3N3O/c20-17-4-2-1-3-14(17)13-24-18(27)26-11-9-25(10-12-26)16-7-5-15(6-8-16)19(21,22)23/h1-8H,9-13H2,(H,24,27). The highest BCUT2D eigenvalue weighted by atomic mass is 35.5. The molecule has 3 rings (SSSR count). The Labute approximate surface area is 160 Å². The van der Waals surface area contributed by atoms with Crippen molar-refractivity contribution in [3.05, 3.63) is 64.7 Å². The number of anilines is 1.